The maximum atomic E-state index is 13.4. The van der Waals surface area contributed by atoms with Gasteiger partial charge in [-0.15, -0.1) is 6.58 Å². The molecule has 0 aliphatic rings. The van der Waals surface area contributed by atoms with Gasteiger partial charge in [-0.05, 0) is 0 Å². The smallest absolute Gasteiger partial charge is 0.371 e. The fourth-order valence-corrected chi connectivity index (χ4v) is 1.75. The van der Waals surface area contributed by atoms with Crippen LogP contribution in [-0.2, 0) is 4.74 Å². The number of rotatable bonds is 11. The molecule has 0 aromatic heterocycles. The zero-order valence-electron chi connectivity index (χ0n) is 14.8. The molecule has 0 aromatic rings. The van der Waals surface area contributed by atoms with Gasteiger partial charge in [0, 0.05) is 0 Å². The predicted octanol–water partition coefficient (Wildman–Crippen LogP) is 6.83. The van der Waals surface area contributed by atoms with E-state index in [4.69, 9.17) is 0 Å². The molecular formula is C13H7F19O. The highest BCUT2D eigenvalue weighted by Gasteiger charge is 2.96. The lowest BCUT2D eigenvalue weighted by atomic mass is 9.87. The molecule has 0 fully saturated rings. The van der Waals surface area contributed by atoms with Crippen molar-refractivity contribution in [1.82, 2.24) is 0 Å². The molecule has 0 aromatic carbocycles. The van der Waals surface area contributed by atoms with Crippen molar-refractivity contribution < 1.29 is 88.2 Å². The molecule has 20 heteroatoms. The second kappa shape index (κ2) is 8.24. The fourth-order valence-electron chi connectivity index (χ4n) is 1.75. The minimum Gasteiger partial charge on any atom is -0.371 e. The Bertz CT molecular complexity index is 703. The standard InChI is InChI=1S/C13H7F19O/c1-2-3-33-4-5(14,15)6(16,17)7(18,19)8(20,21)9(22,23)10(24,25)11(26,27)12(28,29)13(30,31)32/h2H,1,3-4H2. The Labute approximate surface area is 169 Å². The Balaban J connectivity index is 6.73. The lowest BCUT2D eigenvalue weighted by molar-refractivity contribution is -0.469. The van der Waals surface area contributed by atoms with Crippen LogP contribution in [0.4, 0.5) is 83.4 Å². The van der Waals surface area contributed by atoms with E-state index in [-0.39, 0.29) is 0 Å². The second-order valence-electron chi connectivity index (χ2n) is 6.03. The Hall–Kier alpha value is -1.63. The van der Waals surface area contributed by atoms with Crippen molar-refractivity contribution in [2.24, 2.45) is 0 Å². The molecule has 1 nitrogen and oxygen atoms in total. The number of alkyl halides is 19. The first-order valence-corrected chi connectivity index (χ1v) is 7.34. The quantitative estimate of drug-likeness (QED) is 0.159. The highest BCUT2D eigenvalue weighted by Crippen LogP contribution is 2.65. The van der Waals surface area contributed by atoms with Gasteiger partial charge in [-0.3, -0.25) is 0 Å². The van der Waals surface area contributed by atoms with Crippen LogP contribution in [0.2, 0.25) is 0 Å². The number of hydrogen-bond donors (Lipinski definition) is 0. The highest BCUT2D eigenvalue weighted by molar-refractivity contribution is 5.16. The summed E-state index contributed by atoms with van der Waals surface area (Å²) >= 11 is 0. The highest BCUT2D eigenvalue weighted by atomic mass is 19.4. The zero-order valence-corrected chi connectivity index (χ0v) is 14.8. The van der Waals surface area contributed by atoms with Gasteiger partial charge in [0.25, 0.3) is 0 Å². The Morgan fingerprint density at radius 3 is 1.00 bits per heavy atom. The first kappa shape index (κ1) is 31.4. The lowest BCUT2D eigenvalue weighted by Gasteiger charge is -2.43. The Kier molecular flexibility index (Phi) is 7.84. The first-order chi connectivity index (χ1) is 14.1. The van der Waals surface area contributed by atoms with Gasteiger partial charge < -0.3 is 4.74 Å². The maximum Gasteiger partial charge on any atom is 0.460 e. The van der Waals surface area contributed by atoms with Crippen molar-refractivity contribution >= 4 is 0 Å². The van der Waals surface area contributed by atoms with Gasteiger partial charge in [0.2, 0.25) is 0 Å². The van der Waals surface area contributed by atoms with E-state index in [1.165, 1.54) is 0 Å². The van der Waals surface area contributed by atoms with E-state index in [1.807, 2.05) is 0 Å². The summed E-state index contributed by atoms with van der Waals surface area (Å²) in [5.74, 6) is -66.6. The largest absolute Gasteiger partial charge is 0.460 e. The molecule has 198 valence electrons. The maximum absolute atomic E-state index is 13.4. The van der Waals surface area contributed by atoms with Crippen LogP contribution in [0.3, 0.4) is 0 Å². The zero-order chi connectivity index (χ0) is 27.3. The van der Waals surface area contributed by atoms with Gasteiger partial charge in [-0.1, -0.05) is 6.08 Å². The van der Waals surface area contributed by atoms with Gasteiger partial charge in [-0.2, -0.15) is 83.4 Å². The molecule has 0 atom stereocenters. The fraction of sp³-hybridized carbons (Fsp3) is 0.846. The average Bonchev–Trinajstić information content (AvgIpc) is 2.59. The normalized spacial score (nSPS) is 16.2. The van der Waals surface area contributed by atoms with Crippen molar-refractivity contribution in [3.8, 4) is 0 Å². The molecule has 0 saturated carbocycles. The molecule has 0 aliphatic heterocycles. The first-order valence-electron chi connectivity index (χ1n) is 7.34. The summed E-state index contributed by atoms with van der Waals surface area (Å²) in [6.45, 7) is -1.48. The van der Waals surface area contributed by atoms with E-state index in [0.29, 0.717) is 6.08 Å². The summed E-state index contributed by atoms with van der Waals surface area (Å²) < 4.78 is 250. The average molecular weight is 540 g/mol. The van der Waals surface area contributed by atoms with E-state index in [0.717, 1.165) is 0 Å². The third-order valence-electron chi connectivity index (χ3n) is 3.70. The second-order valence-corrected chi connectivity index (χ2v) is 6.03. The third kappa shape index (κ3) is 4.19. The molecule has 0 radical (unpaired) electrons. The summed E-state index contributed by atoms with van der Waals surface area (Å²) in [6, 6.07) is 0. The molecule has 0 rings (SSSR count). The molecule has 33 heavy (non-hydrogen) atoms. The molecule has 0 heterocycles. The minimum atomic E-state index is -8.91. The molecule has 0 aliphatic carbocycles. The third-order valence-corrected chi connectivity index (χ3v) is 3.70. The van der Waals surface area contributed by atoms with Crippen molar-refractivity contribution in [3.63, 3.8) is 0 Å². The van der Waals surface area contributed by atoms with Crippen molar-refractivity contribution in [2.75, 3.05) is 13.2 Å². The topological polar surface area (TPSA) is 9.23 Å². The van der Waals surface area contributed by atoms with E-state index in [2.05, 4.69) is 11.3 Å². The van der Waals surface area contributed by atoms with Gasteiger partial charge in [0.05, 0.1) is 6.61 Å². The number of hydrogen-bond acceptors (Lipinski definition) is 1. The van der Waals surface area contributed by atoms with Crippen LogP contribution >= 0.6 is 0 Å². The van der Waals surface area contributed by atoms with Crippen LogP contribution in [-0.4, -0.2) is 66.8 Å². The van der Waals surface area contributed by atoms with Crippen LogP contribution < -0.4 is 0 Å². The molecule has 0 amide bonds. The SMILES string of the molecule is C=CCOCC(F)(F)C(F)(F)C(F)(F)C(F)(F)C(F)(F)C(F)(F)C(F)(F)C(F)(F)C(F)(F)F. The number of ether oxygens (including phenoxy) is 1. The molecule has 0 unspecified atom stereocenters. The van der Waals surface area contributed by atoms with Crippen LogP contribution in [0, 0.1) is 0 Å². The molecule has 0 bridgehead atoms. The summed E-state index contributed by atoms with van der Waals surface area (Å²) in [4.78, 5) is 0. The number of halogens is 19. The van der Waals surface area contributed by atoms with E-state index >= 15 is 0 Å². The molecule has 0 N–H and O–H groups in total. The summed E-state index contributed by atoms with van der Waals surface area (Å²) in [6.07, 6.45) is -7.42. The summed E-state index contributed by atoms with van der Waals surface area (Å²) in [5, 5.41) is 0. The van der Waals surface area contributed by atoms with Crippen molar-refractivity contribution in [3.05, 3.63) is 12.7 Å². The van der Waals surface area contributed by atoms with E-state index in [9.17, 15) is 83.4 Å². The molecule has 0 saturated heterocycles. The Morgan fingerprint density at radius 2 is 0.727 bits per heavy atom. The predicted molar refractivity (Wildman–Crippen MR) is 66.6 cm³/mol. The van der Waals surface area contributed by atoms with Crippen molar-refractivity contribution in [1.29, 1.82) is 0 Å². The lowest BCUT2D eigenvalue weighted by Crippen LogP contribution is -2.76. The van der Waals surface area contributed by atoms with Crippen molar-refractivity contribution in [2.45, 2.75) is 53.6 Å². The van der Waals surface area contributed by atoms with Gasteiger partial charge in [0.1, 0.15) is 6.61 Å². The van der Waals surface area contributed by atoms with Crippen LogP contribution in [0.5, 0.6) is 0 Å². The van der Waals surface area contributed by atoms with Gasteiger partial charge in [-0.25, -0.2) is 0 Å². The Morgan fingerprint density at radius 1 is 0.455 bits per heavy atom. The minimum absolute atomic E-state index is 0.471. The molecule has 0 spiro atoms. The van der Waals surface area contributed by atoms with Crippen LogP contribution in [0.15, 0.2) is 12.7 Å². The monoisotopic (exact) mass is 540 g/mol. The van der Waals surface area contributed by atoms with E-state index in [1.54, 1.807) is 0 Å². The summed E-state index contributed by atoms with van der Waals surface area (Å²) in [7, 11) is 0. The van der Waals surface area contributed by atoms with Crippen LogP contribution in [0.25, 0.3) is 0 Å². The van der Waals surface area contributed by atoms with Gasteiger partial charge in [0.15, 0.2) is 0 Å². The van der Waals surface area contributed by atoms with Gasteiger partial charge >= 0.3 is 53.6 Å². The van der Waals surface area contributed by atoms with E-state index < -0.39 is 66.8 Å². The molecular weight excluding hydrogens is 533 g/mol. The summed E-state index contributed by atoms with van der Waals surface area (Å²) in [5.41, 5.74) is 0. The van der Waals surface area contributed by atoms with Crippen LogP contribution in [0.1, 0.15) is 0 Å².